The highest BCUT2D eigenvalue weighted by Crippen LogP contribution is 2.43. The monoisotopic (exact) mass is 303 g/mol. The normalized spacial score (nSPS) is 23.3. The van der Waals surface area contributed by atoms with Gasteiger partial charge >= 0.3 is 0 Å². The fraction of sp³-hybridized carbons (Fsp3) is 0.412. The number of fused-ring (bicyclic) bond motifs is 1. The van der Waals surface area contributed by atoms with Crippen LogP contribution in [-0.4, -0.2) is 11.8 Å². The van der Waals surface area contributed by atoms with Gasteiger partial charge in [-0.25, -0.2) is 0 Å². The molecular formula is C17H21NS2. The minimum absolute atomic E-state index is 0.527. The number of nitrogens with one attached hydrogen (secondary N) is 1. The van der Waals surface area contributed by atoms with Crippen LogP contribution in [0.1, 0.15) is 43.4 Å². The van der Waals surface area contributed by atoms with E-state index in [0.29, 0.717) is 17.2 Å². The third-order valence-electron chi connectivity index (χ3n) is 3.95. The number of benzene rings is 1. The van der Waals surface area contributed by atoms with Gasteiger partial charge in [-0.05, 0) is 34.9 Å². The molecule has 0 spiro atoms. The van der Waals surface area contributed by atoms with Crippen LogP contribution in [0.25, 0.3) is 0 Å². The molecule has 106 valence electrons. The molecule has 1 aromatic carbocycles. The lowest BCUT2D eigenvalue weighted by Crippen LogP contribution is -2.29. The van der Waals surface area contributed by atoms with Gasteiger partial charge in [0.15, 0.2) is 0 Å². The van der Waals surface area contributed by atoms with Crippen molar-refractivity contribution in [2.24, 2.45) is 0 Å². The quantitative estimate of drug-likeness (QED) is 0.846. The van der Waals surface area contributed by atoms with Crippen LogP contribution in [0.4, 0.5) is 0 Å². The van der Waals surface area contributed by atoms with E-state index in [0.717, 1.165) is 6.54 Å². The molecule has 0 saturated carbocycles. The second-order valence-corrected chi connectivity index (χ2v) is 8.22. The molecule has 20 heavy (non-hydrogen) atoms. The first-order chi connectivity index (χ1) is 9.74. The molecule has 1 N–H and O–H groups in total. The molecule has 1 aliphatic rings. The van der Waals surface area contributed by atoms with Crippen LogP contribution < -0.4 is 5.32 Å². The minimum atomic E-state index is 0.527. The molecule has 0 aliphatic carbocycles. The lowest BCUT2D eigenvalue weighted by molar-refractivity contribution is 0.470. The summed E-state index contributed by atoms with van der Waals surface area (Å²) in [5, 5.41) is 6.73. The first-order valence-electron chi connectivity index (χ1n) is 7.26. The highest BCUT2D eigenvalue weighted by Gasteiger charge is 2.26. The van der Waals surface area contributed by atoms with Gasteiger partial charge in [0.2, 0.25) is 0 Å². The predicted octanol–water partition coefficient (Wildman–Crippen LogP) is 5.07. The molecule has 3 heteroatoms. The van der Waals surface area contributed by atoms with Crippen molar-refractivity contribution in [3.8, 4) is 0 Å². The number of thiophene rings is 1. The Labute approximate surface area is 129 Å². The van der Waals surface area contributed by atoms with Gasteiger partial charge in [0.25, 0.3) is 0 Å². The summed E-state index contributed by atoms with van der Waals surface area (Å²) in [7, 11) is 0. The summed E-state index contributed by atoms with van der Waals surface area (Å²) >= 11 is 3.92. The maximum absolute atomic E-state index is 3.79. The molecule has 3 rings (SSSR count). The standard InChI is InChI=1S/C17H21NS2/c1-12(14-6-4-3-5-7-14)11-18-16-10-13(2)20-17-15(16)8-9-19-17/h3-9,12-13,16,18H,10-11H2,1-2H3/t12?,13-,16?/m0/s1. The Hall–Kier alpha value is -0.770. The molecule has 1 aliphatic heterocycles. The van der Waals surface area contributed by atoms with Crippen molar-refractivity contribution in [3.05, 3.63) is 52.9 Å². The zero-order chi connectivity index (χ0) is 13.9. The molecule has 1 aromatic heterocycles. The first kappa shape index (κ1) is 14.2. The summed E-state index contributed by atoms with van der Waals surface area (Å²) in [6.07, 6.45) is 1.23. The third kappa shape index (κ3) is 3.11. The molecule has 0 bridgehead atoms. The largest absolute Gasteiger partial charge is 0.309 e. The smallest absolute Gasteiger partial charge is 0.0649 e. The fourth-order valence-electron chi connectivity index (χ4n) is 2.76. The van der Waals surface area contributed by atoms with Gasteiger partial charge in [0.05, 0.1) is 4.21 Å². The molecule has 2 heterocycles. The van der Waals surface area contributed by atoms with Crippen LogP contribution >= 0.6 is 23.1 Å². The van der Waals surface area contributed by atoms with Gasteiger partial charge in [0.1, 0.15) is 0 Å². The Kier molecular flexibility index (Phi) is 4.49. The van der Waals surface area contributed by atoms with Crippen molar-refractivity contribution in [1.29, 1.82) is 0 Å². The summed E-state index contributed by atoms with van der Waals surface area (Å²) in [5.41, 5.74) is 2.93. The predicted molar refractivity (Wildman–Crippen MR) is 89.9 cm³/mol. The highest BCUT2D eigenvalue weighted by atomic mass is 32.2. The third-order valence-corrected chi connectivity index (χ3v) is 6.29. The van der Waals surface area contributed by atoms with Crippen molar-refractivity contribution < 1.29 is 0 Å². The van der Waals surface area contributed by atoms with E-state index in [1.54, 1.807) is 0 Å². The molecule has 2 aromatic rings. The zero-order valence-corrected chi connectivity index (χ0v) is 13.6. The van der Waals surface area contributed by atoms with Crippen molar-refractivity contribution >= 4 is 23.1 Å². The van der Waals surface area contributed by atoms with E-state index in [9.17, 15) is 0 Å². The Bertz CT molecular complexity index is 549. The summed E-state index contributed by atoms with van der Waals surface area (Å²) in [5.74, 6) is 0.558. The van der Waals surface area contributed by atoms with E-state index < -0.39 is 0 Å². The second-order valence-electron chi connectivity index (χ2n) is 5.60. The molecule has 1 nitrogen and oxygen atoms in total. The molecule has 0 radical (unpaired) electrons. The summed E-state index contributed by atoms with van der Waals surface area (Å²) in [4.78, 5) is 0. The Morgan fingerprint density at radius 3 is 2.85 bits per heavy atom. The van der Waals surface area contributed by atoms with E-state index in [1.807, 2.05) is 23.1 Å². The Morgan fingerprint density at radius 1 is 1.25 bits per heavy atom. The van der Waals surface area contributed by atoms with Gasteiger partial charge in [-0.15, -0.1) is 23.1 Å². The number of hydrogen-bond acceptors (Lipinski definition) is 3. The maximum atomic E-state index is 3.79. The minimum Gasteiger partial charge on any atom is -0.309 e. The molecule has 0 saturated heterocycles. The van der Waals surface area contributed by atoms with Gasteiger partial charge < -0.3 is 5.32 Å². The van der Waals surface area contributed by atoms with Crippen LogP contribution in [0.2, 0.25) is 0 Å². The van der Waals surface area contributed by atoms with Gasteiger partial charge in [-0.2, -0.15) is 0 Å². The van der Waals surface area contributed by atoms with E-state index in [2.05, 4.69) is 60.9 Å². The molecule has 0 fully saturated rings. The van der Waals surface area contributed by atoms with Crippen molar-refractivity contribution in [2.75, 3.05) is 6.54 Å². The van der Waals surface area contributed by atoms with Crippen LogP contribution in [0.5, 0.6) is 0 Å². The van der Waals surface area contributed by atoms with Gasteiger partial charge in [0, 0.05) is 17.8 Å². The average molecular weight is 303 g/mol. The fourth-order valence-corrected chi connectivity index (χ4v) is 5.33. The molecule has 2 unspecified atom stereocenters. The van der Waals surface area contributed by atoms with Crippen molar-refractivity contribution in [3.63, 3.8) is 0 Å². The summed E-state index contributed by atoms with van der Waals surface area (Å²) < 4.78 is 1.51. The lowest BCUT2D eigenvalue weighted by Gasteiger charge is -2.28. The number of hydrogen-bond donors (Lipinski definition) is 1. The van der Waals surface area contributed by atoms with Crippen molar-refractivity contribution in [1.82, 2.24) is 5.32 Å². The van der Waals surface area contributed by atoms with E-state index >= 15 is 0 Å². The van der Waals surface area contributed by atoms with Crippen LogP contribution in [0.3, 0.4) is 0 Å². The number of rotatable bonds is 4. The topological polar surface area (TPSA) is 12.0 Å². The van der Waals surface area contributed by atoms with E-state index in [-0.39, 0.29) is 0 Å². The second kappa shape index (κ2) is 6.33. The van der Waals surface area contributed by atoms with Crippen LogP contribution in [0, 0.1) is 0 Å². The van der Waals surface area contributed by atoms with Crippen molar-refractivity contribution in [2.45, 2.75) is 41.7 Å². The van der Waals surface area contributed by atoms with Crippen LogP contribution in [-0.2, 0) is 0 Å². The summed E-state index contributed by atoms with van der Waals surface area (Å²) in [6, 6.07) is 13.6. The lowest BCUT2D eigenvalue weighted by atomic mass is 9.99. The molecule has 0 amide bonds. The van der Waals surface area contributed by atoms with E-state index in [1.165, 1.54) is 21.8 Å². The van der Waals surface area contributed by atoms with E-state index in [4.69, 9.17) is 0 Å². The molecule has 3 atom stereocenters. The number of thioether (sulfide) groups is 1. The van der Waals surface area contributed by atoms with Crippen LogP contribution in [0.15, 0.2) is 46.0 Å². The molecular weight excluding hydrogens is 282 g/mol. The Balaban J connectivity index is 1.65. The highest BCUT2D eigenvalue weighted by molar-refractivity contribution is 8.01. The maximum Gasteiger partial charge on any atom is 0.0649 e. The average Bonchev–Trinajstić information content (AvgIpc) is 2.93. The van der Waals surface area contributed by atoms with Gasteiger partial charge in [-0.1, -0.05) is 44.2 Å². The SMILES string of the molecule is CC(CNC1C[C@H](C)Sc2sccc21)c1ccccc1. The summed E-state index contributed by atoms with van der Waals surface area (Å²) in [6.45, 7) is 5.68. The Morgan fingerprint density at radius 2 is 2.05 bits per heavy atom. The first-order valence-corrected chi connectivity index (χ1v) is 9.02. The zero-order valence-electron chi connectivity index (χ0n) is 12.0. The van der Waals surface area contributed by atoms with Gasteiger partial charge in [-0.3, -0.25) is 0 Å².